The van der Waals surface area contributed by atoms with E-state index in [0.29, 0.717) is 19.6 Å². The summed E-state index contributed by atoms with van der Waals surface area (Å²) in [6.45, 7) is 9.27. The molecule has 182 valence electrons. The van der Waals surface area contributed by atoms with Crippen LogP contribution < -0.4 is 0 Å². The Hall–Kier alpha value is -2.19. The van der Waals surface area contributed by atoms with Crippen molar-refractivity contribution < 1.29 is 24.2 Å². The highest BCUT2D eigenvalue weighted by molar-refractivity contribution is 6.00. The number of β-amino-alcohol motifs (C(OH)–C–C–N with tert-alkyl or cyclic N) is 1. The number of carbonyl (C=O) groups is 3. The number of rotatable bonds is 7. The van der Waals surface area contributed by atoms with Gasteiger partial charge in [0.25, 0.3) is 0 Å². The fourth-order valence-corrected chi connectivity index (χ4v) is 6.38. The molecule has 33 heavy (non-hydrogen) atoms. The molecule has 3 amide bonds. The van der Waals surface area contributed by atoms with Crippen molar-refractivity contribution in [3.8, 4) is 0 Å². The third kappa shape index (κ3) is 3.53. The number of fused-ring (bicyclic) bond motifs is 2. The molecule has 0 radical (unpaired) electrons. The molecule has 6 atom stereocenters. The maximum absolute atomic E-state index is 14.0. The van der Waals surface area contributed by atoms with Crippen LogP contribution in [0.5, 0.6) is 0 Å². The van der Waals surface area contributed by atoms with Gasteiger partial charge in [0, 0.05) is 32.2 Å². The zero-order valence-corrected chi connectivity index (χ0v) is 20.2. The second kappa shape index (κ2) is 8.87. The molecule has 0 aromatic heterocycles. The standard InChI is InChI=1S/C25H37N3O5/c1-5-9-17(3)27-14-8-11-25-19(22(31)28(15-16-29)20(25)23(27)32)18-21(30)26(12-6-2)13-7-10-24(18,4)33-25/h7-8,10-11,17-20,29H,5-6,9,12-16H2,1-4H3/t17?,18-,19-,20?,24+,25-/m0/s1. The summed E-state index contributed by atoms with van der Waals surface area (Å²) in [5.41, 5.74) is -2.23. The molecule has 0 aromatic carbocycles. The van der Waals surface area contributed by atoms with E-state index in [2.05, 4.69) is 6.92 Å². The molecule has 8 nitrogen and oxygen atoms in total. The topological polar surface area (TPSA) is 90.4 Å². The first-order chi connectivity index (χ1) is 15.8. The number of ether oxygens (including phenoxy) is 1. The average Bonchev–Trinajstić information content (AvgIpc) is 3.02. The molecule has 0 saturated carbocycles. The van der Waals surface area contributed by atoms with Crippen LogP contribution in [0.3, 0.4) is 0 Å². The Bertz CT molecular complexity index is 872. The molecule has 4 rings (SSSR count). The lowest BCUT2D eigenvalue weighted by molar-refractivity contribution is -0.154. The molecule has 2 saturated heterocycles. The van der Waals surface area contributed by atoms with Crippen molar-refractivity contribution in [1.29, 1.82) is 0 Å². The molecule has 1 spiro atoms. The SMILES string of the molecule is CCCC(C)N1CC=C[C@]23O[C@]4(C)C=CCN(CCC)C(=O)[C@@H]4[C@H]2C(=O)N(CCO)C3C1=O. The summed E-state index contributed by atoms with van der Waals surface area (Å²) in [6, 6.07) is -0.888. The van der Waals surface area contributed by atoms with Crippen LogP contribution >= 0.6 is 0 Å². The first-order valence-corrected chi connectivity index (χ1v) is 12.3. The van der Waals surface area contributed by atoms with E-state index in [-0.39, 0.29) is 36.9 Å². The van der Waals surface area contributed by atoms with Gasteiger partial charge in [-0.1, -0.05) is 44.6 Å². The summed E-state index contributed by atoms with van der Waals surface area (Å²) in [5.74, 6) is -2.10. The third-order valence-corrected chi connectivity index (χ3v) is 7.74. The fraction of sp³-hybridized carbons (Fsp3) is 0.720. The molecule has 4 aliphatic rings. The van der Waals surface area contributed by atoms with E-state index >= 15 is 0 Å². The van der Waals surface area contributed by atoms with Crippen LogP contribution in [-0.4, -0.2) is 93.6 Å². The number of aliphatic hydroxyl groups excluding tert-OH is 1. The van der Waals surface area contributed by atoms with Gasteiger partial charge in [-0.3, -0.25) is 14.4 Å². The largest absolute Gasteiger partial charge is 0.395 e. The lowest BCUT2D eigenvalue weighted by Crippen LogP contribution is -2.57. The second-order valence-corrected chi connectivity index (χ2v) is 9.97. The number of nitrogens with zero attached hydrogens (tertiary/aromatic N) is 3. The van der Waals surface area contributed by atoms with E-state index in [1.165, 1.54) is 4.90 Å². The van der Waals surface area contributed by atoms with Crippen LogP contribution in [0.1, 0.15) is 47.0 Å². The Labute approximate surface area is 196 Å². The summed E-state index contributed by atoms with van der Waals surface area (Å²) in [5, 5.41) is 9.74. The fourth-order valence-electron chi connectivity index (χ4n) is 6.38. The van der Waals surface area contributed by atoms with E-state index in [1.807, 2.05) is 45.1 Å². The molecule has 4 heterocycles. The number of carbonyl (C=O) groups excluding carboxylic acids is 3. The normalized spacial score (nSPS) is 36.6. The molecule has 4 aliphatic heterocycles. The first-order valence-electron chi connectivity index (χ1n) is 12.3. The molecule has 2 fully saturated rings. The van der Waals surface area contributed by atoms with Crippen molar-refractivity contribution in [2.24, 2.45) is 11.8 Å². The zero-order chi connectivity index (χ0) is 24.0. The minimum atomic E-state index is -1.24. The van der Waals surface area contributed by atoms with Crippen LogP contribution in [0.4, 0.5) is 0 Å². The van der Waals surface area contributed by atoms with Gasteiger partial charge in [0.05, 0.1) is 24.0 Å². The van der Waals surface area contributed by atoms with E-state index in [4.69, 9.17) is 4.74 Å². The smallest absolute Gasteiger partial charge is 0.249 e. The first kappa shape index (κ1) is 24.0. The van der Waals surface area contributed by atoms with Gasteiger partial charge in [-0.05, 0) is 26.7 Å². The monoisotopic (exact) mass is 459 g/mol. The molecule has 0 aromatic rings. The van der Waals surface area contributed by atoms with E-state index in [0.717, 1.165) is 19.3 Å². The number of hydrogen-bond acceptors (Lipinski definition) is 5. The van der Waals surface area contributed by atoms with Crippen molar-refractivity contribution >= 4 is 17.7 Å². The van der Waals surface area contributed by atoms with Crippen molar-refractivity contribution in [2.75, 3.05) is 32.8 Å². The molecule has 1 N–H and O–H groups in total. The molecule has 8 heteroatoms. The predicted molar refractivity (Wildman–Crippen MR) is 123 cm³/mol. The Morgan fingerprint density at radius 3 is 2.42 bits per heavy atom. The quantitative estimate of drug-likeness (QED) is 0.581. The Morgan fingerprint density at radius 1 is 1.03 bits per heavy atom. The van der Waals surface area contributed by atoms with Crippen LogP contribution in [0, 0.1) is 11.8 Å². The van der Waals surface area contributed by atoms with E-state index in [1.54, 1.807) is 9.80 Å². The number of hydrogen-bond donors (Lipinski definition) is 1. The minimum absolute atomic E-state index is 0.0106. The van der Waals surface area contributed by atoms with Gasteiger partial charge in [-0.25, -0.2) is 0 Å². The molecule has 0 aliphatic carbocycles. The number of aliphatic hydroxyl groups is 1. The molecular weight excluding hydrogens is 422 g/mol. The molecule has 0 bridgehead atoms. The summed E-state index contributed by atoms with van der Waals surface area (Å²) in [7, 11) is 0. The summed E-state index contributed by atoms with van der Waals surface area (Å²) < 4.78 is 6.72. The van der Waals surface area contributed by atoms with Crippen LogP contribution in [0.25, 0.3) is 0 Å². The van der Waals surface area contributed by atoms with Crippen molar-refractivity contribution in [2.45, 2.75) is 70.2 Å². The van der Waals surface area contributed by atoms with Crippen molar-refractivity contribution in [1.82, 2.24) is 14.7 Å². The lowest BCUT2D eigenvalue weighted by atomic mass is 9.74. The molecular formula is C25H37N3O5. The van der Waals surface area contributed by atoms with Crippen LogP contribution in [-0.2, 0) is 19.1 Å². The third-order valence-electron chi connectivity index (χ3n) is 7.74. The number of amides is 3. The highest BCUT2D eigenvalue weighted by atomic mass is 16.5. The summed E-state index contributed by atoms with van der Waals surface area (Å²) in [4.78, 5) is 46.6. The van der Waals surface area contributed by atoms with Gasteiger partial charge in [-0.15, -0.1) is 0 Å². The van der Waals surface area contributed by atoms with Gasteiger partial charge in [0.15, 0.2) is 0 Å². The van der Waals surface area contributed by atoms with Gasteiger partial charge in [-0.2, -0.15) is 0 Å². The van der Waals surface area contributed by atoms with Gasteiger partial charge in [0.1, 0.15) is 11.6 Å². The Morgan fingerprint density at radius 2 is 1.76 bits per heavy atom. The highest BCUT2D eigenvalue weighted by Crippen LogP contribution is 2.57. The minimum Gasteiger partial charge on any atom is -0.395 e. The van der Waals surface area contributed by atoms with Gasteiger partial charge >= 0.3 is 0 Å². The maximum Gasteiger partial charge on any atom is 0.249 e. The Balaban J connectivity index is 1.83. The van der Waals surface area contributed by atoms with E-state index in [9.17, 15) is 19.5 Å². The van der Waals surface area contributed by atoms with Crippen molar-refractivity contribution in [3.63, 3.8) is 0 Å². The summed E-state index contributed by atoms with van der Waals surface area (Å²) in [6.07, 6.45) is 10.2. The highest BCUT2D eigenvalue weighted by Gasteiger charge is 2.74. The van der Waals surface area contributed by atoms with E-state index < -0.39 is 29.1 Å². The number of likely N-dealkylation sites (tertiary alicyclic amines) is 1. The predicted octanol–water partition coefficient (Wildman–Crippen LogP) is 1.35. The summed E-state index contributed by atoms with van der Waals surface area (Å²) >= 11 is 0. The van der Waals surface area contributed by atoms with Crippen LogP contribution in [0.2, 0.25) is 0 Å². The average molecular weight is 460 g/mol. The van der Waals surface area contributed by atoms with Crippen molar-refractivity contribution in [3.05, 3.63) is 24.3 Å². The van der Waals surface area contributed by atoms with Crippen LogP contribution in [0.15, 0.2) is 24.3 Å². The van der Waals surface area contributed by atoms with Gasteiger partial charge < -0.3 is 24.5 Å². The second-order valence-electron chi connectivity index (χ2n) is 9.97. The van der Waals surface area contributed by atoms with Gasteiger partial charge in [0.2, 0.25) is 17.7 Å². The zero-order valence-electron chi connectivity index (χ0n) is 20.2. The lowest BCUT2D eigenvalue weighted by Gasteiger charge is -2.38. The molecule has 2 unspecified atom stereocenters. The maximum atomic E-state index is 14.0. The Kier molecular flexibility index (Phi) is 6.44.